The molecular weight excluding hydrogens is 254 g/mol. The zero-order valence-electron chi connectivity index (χ0n) is 14.1. The summed E-state index contributed by atoms with van der Waals surface area (Å²) in [5.41, 5.74) is 9.48. The predicted molar refractivity (Wildman–Crippen MR) is 91.9 cm³/mol. The van der Waals surface area contributed by atoms with Crippen LogP contribution in [0.4, 0.5) is 0 Å². The Hall–Kier alpha value is -1.63. The summed E-state index contributed by atoms with van der Waals surface area (Å²) in [6.07, 6.45) is 4.25. The Kier molecular flexibility index (Phi) is 5.17. The molecule has 0 fully saturated rings. The number of hydrogen-bond acceptors (Lipinski definition) is 1. The molecule has 0 saturated heterocycles. The van der Waals surface area contributed by atoms with Crippen molar-refractivity contribution in [2.24, 2.45) is 0 Å². The molecule has 0 bridgehead atoms. The van der Waals surface area contributed by atoms with E-state index in [2.05, 4.69) is 58.9 Å². The maximum atomic E-state index is 5.04. The number of nitrogens with zero attached hydrogens (tertiary/aromatic N) is 1. The largest absolute Gasteiger partial charge is 0.252 e. The summed E-state index contributed by atoms with van der Waals surface area (Å²) in [6.45, 7) is 11.1. The Morgan fingerprint density at radius 3 is 1.76 bits per heavy atom. The van der Waals surface area contributed by atoms with Crippen molar-refractivity contribution in [3.05, 3.63) is 52.2 Å². The maximum absolute atomic E-state index is 5.04. The lowest BCUT2D eigenvalue weighted by Gasteiger charge is -2.19. The van der Waals surface area contributed by atoms with Crippen LogP contribution in [0.2, 0.25) is 0 Å². The van der Waals surface area contributed by atoms with Gasteiger partial charge >= 0.3 is 0 Å². The molecule has 0 unspecified atom stereocenters. The maximum Gasteiger partial charge on any atom is 0.0740 e. The van der Waals surface area contributed by atoms with Gasteiger partial charge < -0.3 is 0 Å². The number of aryl methyl sites for hydroxylation is 2. The second-order valence-corrected chi connectivity index (χ2v) is 5.62. The zero-order valence-corrected chi connectivity index (χ0v) is 14.1. The van der Waals surface area contributed by atoms with Crippen molar-refractivity contribution in [1.29, 1.82) is 0 Å². The van der Waals surface area contributed by atoms with Crippen LogP contribution >= 0.6 is 0 Å². The highest BCUT2D eigenvalue weighted by atomic mass is 14.7. The van der Waals surface area contributed by atoms with E-state index in [1.54, 1.807) is 0 Å². The third kappa shape index (κ3) is 3.02. The fourth-order valence-electron chi connectivity index (χ4n) is 3.24. The fraction of sp³-hybridized carbons (Fsp3) is 0.450. The highest BCUT2D eigenvalue weighted by Gasteiger charge is 2.16. The molecule has 1 aromatic heterocycles. The Bertz CT molecular complexity index is 609. The first-order valence-corrected chi connectivity index (χ1v) is 8.26. The summed E-state index contributed by atoms with van der Waals surface area (Å²) < 4.78 is 0. The normalized spacial score (nSPS) is 10.9. The second kappa shape index (κ2) is 6.89. The minimum Gasteiger partial charge on any atom is -0.252 e. The molecule has 0 spiro atoms. The molecule has 0 aliphatic rings. The molecule has 1 aromatic carbocycles. The van der Waals surface area contributed by atoms with Gasteiger partial charge in [-0.05, 0) is 49.3 Å². The first-order valence-electron chi connectivity index (χ1n) is 8.26. The van der Waals surface area contributed by atoms with E-state index in [1.807, 2.05) is 0 Å². The van der Waals surface area contributed by atoms with Gasteiger partial charge in [-0.3, -0.25) is 4.98 Å². The Balaban J connectivity index is 2.72. The minimum atomic E-state index is 1.01. The molecule has 1 heterocycles. The van der Waals surface area contributed by atoms with Crippen LogP contribution in [0.15, 0.2) is 24.3 Å². The molecule has 112 valence electrons. The summed E-state index contributed by atoms with van der Waals surface area (Å²) >= 11 is 0. The van der Waals surface area contributed by atoms with Crippen molar-refractivity contribution in [2.75, 3.05) is 0 Å². The first kappa shape index (κ1) is 15.8. The summed E-state index contributed by atoms with van der Waals surface area (Å²) in [6, 6.07) is 8.78. The van der Waals surface area contributed by atoms with E-state index in [-0.39, 0.29) is 0 Å². The van der Waals surface area contributed by atoms with E-state index in [9.17, 15) is 0 Å². The molecular formula is C20H27N. The van der Waals surface area contributed by atoms with Crippen LogP contribution in [-0.4, -0.2) is 4.98 Å². The molecule has 1 nitrogen and oxygen atoms in total. The van der Waals surface area contributed by atoms with Crippen molar-refractivity contribution in [2.45, 2.75) is 60.3 Å². The monoisotopic (exact) mass is 281 g/mol. The van der Waals surface area contributed by atoms with Crippen LogP contribution in [-0.2, 0) is 25.7 Å². The molecule has 0 radical (unpaired) electrons. The Labute approximate surface area is 129 Å². The van der Waals surface area contributed by atoms with Crippen LogP contribution < -0.4 is 0 Å². The van der Waals surface area contributed by atoms with E-state index in [0.29, 0.717) is 0 Å². The second-order valence-electron chi connectivity index (χ2n) is 5.62. The highest BCUT2D eigenvalue weighted by molar-refractivity contribution is 5.66. The molecule has 2 rings (SSSR count). The summed E-state index contributed by atoms with van der Waals surface area (Å²) in [4.78, 5) is 5.04. The molecule has 0 amide bonds. The first-order chi connectivity index (χ1) is 10.2. The van der Waals surface area contributed by atoms with Gasteiger partial charge in [-0.1, -0.05) is 57.5 Å². The summed E-state index contributed by atoms with van der Waals surface area (Å²) in [5.74, 6) is 0. The third-order valence-corrected chi connectivity index (χ3v) is 4.33. The fourth-order valence-corrected chi connectivity index (χ4v) is 3.24. The third-order valence-electron chi connectivity index (χ3n) is 4.33. The number of benzene rings is 1. The van der Waals surface area contributed by atoms with Crippen LogP contribution in [0.3, 0.4) is 0 Å². The minimum absolute atomic E-state index is 1.01. The molecule has 2 aromatic rings. The van der Waals surface area contributed by atoms with Gasteiger partial charge in [0.25, 0.3) is 0 Å². The molecule has 0 N–H and O–H groups in total. The van der Waals surface area contributed by atoms with E-state index >= 15 is 0 Å². The van der Waals surface area contributed by atoms with Gasteiger partial charge in [-0.25, -0.2) is 0 Å². The summed E-state index contributed by atoms with van der Waals surface area (Å²) in [5, 5.41) is 0. The zero-order chi connectivity index (χ0) is 15.4. The lowest BCUT2D eigenvalue weighted by atomic mass is 9.90. The van der Waals surface area contributed by atoms with Gasteiger partial charge in [-0.15, -0.1) is 0 Å². The van der Waals surface area contributed by atoms with Crippen molar-refractivity contribution in [1.82, 2.24) is 4.98 Å². The van der Waals surface area contributed by atoms with Gasteiger partial charge in [-0.2, -0.15) is 0 Å². The lowest BCUT2D eigenvalue weighted by molar-refractivity contribution is 0.898. The smallest absolute Gasteiger partial charge is 0.0740 e. The van der Waals surface area contributed by atoms with E-state index in [0.717, 1.165) is 25.7 Å². The SMILES string of the molecule is CCc1nc(-c2ccc(C)cc2)c(CC)c(CC)c1CC. The van der Waals surface area contributed by atoms with Crippen LogP contribution in [0.25, 0.3) is 11.3 Å². The average Bonchev–Trinajstić information content (AvgIpc) is 2.53. The molecule has 0 aliphatic heterocycles. The quantitative estimate of drug-likeness (QED) is 0.724. The van der Waals surface area contributed by atoms with Crippen molar-refractivity contribution >= 4 is 0 Å². The molecule has 0 aliphatic carbocycles. The van der Waals surface area contributed by atoms with Crippen LogP contribution in [0.1, 0.15) is 55.6 Å². The lowest BCUT2D eigenvalue weighted by Crippen LogP contribution is -2.08. The van der Waals surface area contributed by atoms with Crippen molar-refractivity contribution in [3.8, 4) is 11.3 Å². The molecule has 21 heavy (non-hydrogen) atoms. The van der Waals surface area contributed by atoms with Gasteiger partial charge in [0.05, 0.1) is 5.69 Å². The van der Waals surface area contributed by atoms with Crippen LogP contribution in [0.5, 0.6) is 0 Å². The number of hydrogen-bond donors (Lipinski definition) is 0. The van der Waals surface area contributed by atoms with E-state index in [1.165, 1.54) is 39.2 Å². The molecule has 0 saturated carbocycles. The topological polar surface area (TPSA) is 12.9 Å². The molecule has 0 atom stereocenters. The average molecular weight is 281 g/mol. The highest BCUT2D eigenvalue weighted by Crippen LogP contribution is 2.30. The van der Waals surface area contributed by atoms with Crippen molar-refractivity contribution in [3.63, 3.8) is 0 Å². The standard InChI is InChI=1S/C20H27N/c1-6-16-17(7-2)19(9-4)21-20(18(16)8-3)15-12-10-14(5)11-13-15/h10-13H,6-9H2,1-5H3. The number of pyridine rings is 1. The van der Waals surface area contributed by atoms with Gasteiger partial charge in [0.1, 0.15) is 0 Å². The van der Waals surface area contributed by atoms with Gasteiger partial charge in [0.15, 0.2) is 0 Å². The van der Waals surface area contributed by atoms with Crippen molar-refractivity contribution < 1.29 is 0 Å². The Morgan fingerprint density at radius 1 is 0.714 bits per heavy atom. The van der Waals surface area contributed by atoms with Gasteiger partial charge in [0, 0.05) is 11.3 Å². The number of aromatic nitrogens is 1. The van der Waals surface area contributed by atoms with E-state index in [4.69, 9.17) is 4.98 Å². The van der Waals surface area contributed by atoms with E-state index < -0.39 is 0 Å². The van der Waals surface area contributed by atoms with Crippen LogP contribution in [0, 0.1) is 6.92 Å². The number of rotatable bonds is 5. The Morgan fingerprint density at radius 2 is 1.29 bits per heavy atom. The molecule has 1 heteroatoms. The summed E-state index contributed by atoms with van der Waals surface area (Å²) in [7, 11) is 0. The van der Waals surface area contributed by atoms with Gasteiger partial charge in [0.2, 0.25) is 0 Å². The predicted octanol–water partition coefficient (Wildman–Crippen LogP) is 5.31.